The van der Waals surface area contributed by atoms with Gasteiger partial charge in [0.2, 0.25) is 0 Å². The van der Waals surface area contributed by atoms with E-state index in [-0.39, 0.29) is 11.7 Å². The van der Waals surface area contributed by atoms with Gasteiger partial charge in [-0.2, -0.15) is 5.10 Å². The Balaban J connectivity index is 1.64. The molecule has 2 aromatic carbocycles. The number of hydrazone groups is 1. The molecule has 0 radical (unpaired) electrons. The molecule has 0 bridgehead atoms. The molecule has 1 heterocycles. The fourth-order valence-corrected chi connectivity index (χ4v) is 2.30. The van der Waals surface area contributed by atoms with Crippen LogP contribution in [0.3, 0.4) is 0 Å². The number of carbonyl (C=O) groups is 1. The van der Waals surface area contributed by atoms with Crippen molar-refractivity contribution in [3.8, 4) is 17.2 Å². The second-order valence-electron chi connectivity index (χ2n) is 5.27. The Bertz CT molecular complexity index is 885. The number of carbonyl (C=O) groups excluding carboxylic acids is 1. The Kier molecular flexibility index (Phi) is 4.80. The molecule has 0 spiro atoms. The summed E-state index contributed by atoms with van der Waals surface area (Å²) in [6.07, 6.45) is 5.35. The summed E-state index contributed by atoms with van der Waals surface area (Å²) < 4.78 is 6.98. The van der Waals surface area contributed by atoms with Crippen molar-refractivity contribution in [2.75, 3.05) is 7.11 Å². The van der Waals surface area contributed by atoms with Crippen LogP contribution < -0.4 is 10.2 Å². The first-order valence-corrected chi connectivity index (χ1v) is 7.61. The average Bonchev–Trinajstić information content (AvgIpc) is 3.18. The molecule has 0 atom stereocenters. The molecule has 0 saturated heterocycles. The summed E-state index contributed by atoms with van der Waals surface area (Å²) in [5, 5.41) is 13.5. The van der Waals surface area contributed by atoms with Gasteiger partial charge in [-0.1, -0.05) is 0 Å². The topological polar surface area (TPSA) is 75.8 Å². The van der Waals surface area contributed by atoms with Gasteiger partial charge in [-0.05, 0) is 60.2 Å². The van der Waals surface area contributed by atoms with Crippen molar-refractivity contribution in [3.05, 3.63) is 78.1 Å². The Morgan fingerprint density at radius 1 is 1.16 bits per heavy atom. The summed E-state index contributed by atoms with van der Waals surface area (Å²) in [4.78, 5) is 12.1. The molecule has 3 aromatic rings. The summed E-state index contributed by atoms with van der Waals surface area (Å²) in [5.74, 6) is 0.0865. The van der Waals surface area contributed by atoms with Gasteiger partial charge in [0.05, 0.1) is 13.3 Å². The van der Waals surface area contributed by atoms with Crippen LogP contribution in [-0.2, 0) is 0 Å². The van der Waals surface area contributed by atoms with Gasteiger partial charge in [-0.15, -0.1) is 0 Å². The highest BCUT2D eigenvalue weighted by Crippen LogP contribution is 2.25. The van der Waals surface area contributed by atoms with E-state index >= 15 is 0 Å². The van der Waals surface area contributed by atoms with E-state index in [0.717, 1.165) is 5.69 Å². The van der Waals surface area contributed by atoms with E-state index in [9.17, 15) is 9.90 Å². The number of benzene rings is 2. The first kappa shape index (κ1) is 16.3. The quantitative estimate of drug-likeness (QED) is 0.556. The van der Waals surface area contributed by atoms with Crippen molar-refractivity contribution in [3.63, 3.8) is 0 Å². The molecule has 0 aliphatic heterocycles. The lowest BCUT2D eigenvalue weighted by molar-refractivity contribution is 0.0955. The maximum atomic E-state index is 12.1. The molecular weight excluding hydrogens is 318 g/mol. The van der Waals surface area contributed by atoms with Crippen LogP contribution in [0.25, 0.3) is 5.69 Å². The van der Waals surface area contributed by atoms with Crippen molar-refractivity contribution in [2.24, 2.45) is 5.10 Å². The minimum absolute atomic E-state index is 0.0477. The van der Waals surface area contributed by atoms with Crippen molar-refractivity contribution in [1.29, 1.82) is 0 Å². The number of nitrogens with one attached hydrogen (secondary N) is 1. The summed E-state index contributed by atoms with van der Waals surface area (Å²) in [7, 11) is 1.47. The standard InChI is InChI=1S/C19H17N3O3/c1-25-18-12-14(4-9-17(18)23)13-20-21-19(24)15-5-7-16(8-6-15)22-10-2-3-11-22/h2-13,23H,1H3,(H,21,24)/b20-13-. The predicted molar refractivity (Wildman–Crippen MR) is 95.5 cm³/mol. The first-order valence-electron chi connectivity index (χ1n) is 7.61. The third-order valence-corrected chi connectivity index (χ3v) is 3.62. The van der Waals surface area contributed by atoms with Gasteiger partial charge < -0.3 is 14.4 Å². The summed E-state index contributed by atoms with van der Waals surface area (Å²) in [5.41, 5.74) is 4.65. The van der Waals surface area contributed by atoms with Crippen LogP contribution in [0.1, 0.15) is 15.9 Å². The molecular formula is C19H17N3O3. The van der Waals surface area contributed by atoms with Crippen molar-refractivity contribution >= 4 is 12.1 Å². The lowest BCUT2D eigenvalue weighted by atomic mass is 10.2. The van der Waals surface area contributed by atoms with Crippen LogP contribution in [0.15, 0.2) is 72.1 Å². The molecule has 0 unspecified atom stereocenters. The summed E-state index contributed by atoms with van der Waals surface area (Å²) >= 11 is 0. The maximum absolute atomic E-state index is 12.1. The molecule has 126 valence electrons. The predicted octanol–water partition coefficient (Wildman–Crippen LogP) is 2.96. The van der Waals surface area contributed by atoms with Gasteiger partial charge >= 0.3 is 0 Å². The maximum Gasteiger partial charge on any atom is 0.271 e. The third kappa shape index (κ3) is 3.87. The average molecular weight is 335 g/mol. The zero-order valence-corrected chi connectivity index (χ0v) is 13.6. The van der Waals surface area contributed by atoms with Crippen molar-refractivity contribution in [1.82, 2.24) is 9.99 Å². The van der Waals surface area contributed by atoms with Crippen LogP contribution in [0.4, 0.5) is 0 Å². The number of hydrogen-bond acceptors (Lipinski definition) is 4. The van der Waals surface area contributed by atoms with E-state index in [1.165, 1.54) is 19.4 Å². The first-order chi connectivity index (χ1) is 12.2. The van der Waals surface area contributed by atoms with Crippen LogP contribution in [0.5, 0.6) is 11.5 Å². The molecule has 0 aliphatic carbocycles. The Morgan fingerprint density at radius 2 is 1.88 bits per heavy atom. The van der Waals surface area contributed by atoms with E-state index in [1.807, 2.05) is 41.2 Å². The Labute approximate surface area is 145 Å². The van der Waals surface area contributed by atoms with Gasteiger partial charge in [0.25, 0.3) is 5.91 Å². The number of methoxy groups -OCH3 is 1. The van der Waals surface area contributed by atoms with Crippen LogP contribution in [0.2, 0.25) is 0 Å². The highest BCUT2D eigenvalue weighted by molar-refractivity contribution is 5.95. The number of nitrogens with zero attached hydrogens (tertiary/aromatic N) is 2. The molecule has 25 heavy (non-hydrogen) atoms. The number of ether oxygens (including phenoxy) is 1. The van der Waals surface area contributed by atoms with Gasteiger partial charge in [-0.3, -0.25) is 4.79 Å². The lowest BCUT2D eigenvalue weighted by Crippen LogP contribution is -2.17. The molecule has 0 fully saturated rings. The lowest BCUT2D eigenvalue weighted by Gasteiger charge is -2.05. The van der Waals surface area contributed by atoms with Crippen LogP contribution in [0, 0.1) is 0 Å². The number of rotatable bonds is 5. The fourth-order valence-electron chi connectivity index (χ4n) is 2.30. The number of hydrogen-bond donors (Lipinski definition) is 2. The van der Waals surface area contributed by atoms with E-state index in [2.05, 4.69) is 10.5 Å². The second kappa shape index (κ2) is 7.35. The smallest absolute Gasteiger partial charge is 0.271 e. The Morgan fingerprint density at radius 3 is 2.56 bits per heavy atom. The molecule has 0 saturated carbocycles. The third-order valence-electron chi connectivity index (χ3n) is 3.62. The van der Waals surface area contributed by atoms with Gasteiger partial charge in [0.1, 0.15) is 0 Å². The van der Waals surface area contributed by atoms with Gasteiger partial charge in [0, 0.05) is 23.6 Å². The van der Waals surface area contributed by atoms with E-state index < -0.39 is 0 Å². The van der Waals surface area contributed by atoms with Crippen molar-refractivity contribution < 1.29 is 14.6 Å². The Hall–Kier alpha value is -3.54. The SMILES string of the molecule is COc1cc(/C=N\NC(=O)c2ccc(-n3cccc3)cc2)ccc1O. The molecule has 3 rings (SSSR count). The zero-order chi connectivity index (χ0) is 17.6. The number of phenols is 1. The molecule has 6 nitrogen and oxygen atoms in total. The normalized spacial score (nSPS) is 10.8. The fraction of sp³-hybridized carbons (Fsp3) is 0.0526. The van der Waals surface area contributed by atoms with E-state index in [4.69, 9.17) is 4.74 Å². The largest absolute Gasteiger partial charge is 0.504 e. The molecule has 1 aromatic heterocycles. The molecule has 2 N–H and O–H groups in total. The number of aromatic hydroxyl groups is 1. The van der Waals surface area contributed by atoms with E-state index in [1.54, 1.807) is 24.3 Å². The molecule has 1 amide bonds. The number of aromatic nitrogens is 1. The molecule has 6 heteroatoms. The van der Waals surface area contributed by atoms with Gasteiger partial charge in [-0.25, -0.2) is 5.43 Å². The molecule has 0 aliphatic rings. The monoisotopic (exact) mass is 335 g/mol. The number of amides is 1. The highest BCUT2D eigenvalue weighted by Gasteiger charge is 2.05. The summed E-state index contributed by atoms with van der Waals surface area (Å²) in [6.45, 7) is 0. The highest BCUT2D eigenvalue weighted by atomic mass is 16.5. The second-order valence-corrected chi connectivity index (χ2v) is 5.27. The number of phenolic OH excluding ortho intramolecular Hbond substituents is 1. The van der Waals surface area contributed by atoms with Crippen LogP contribution >= 0.6 is 0 Å². The van der Waals surface area contributed by atoms with E-state index in [0.29, 0.717) is 16.9 Å². The van der Waals surface area contributed by atoms with Gasteiger partial charge in [0.15, 0.2) is 11.5 Å². The van der Waals surface area contributed by atoms with Crippen molar-refractivity contribution in [2.45, 2.75) is 0 Å². The van der Waals surface area contributed by atoms with Crippen LogP contribution in [-0.4, -0.2) is 28.9 Å². The zero-order valence-electron chi connectivity index (χ0n) is 13.6. The minimum Gasteiger partial charge on any atom is -0.504 e. The summed E-state index contributed by atoms with van der Waals surface area (Å²) in [6, 6.07) is 15.9. The minimum atomic E-state index is -0.305.